The first-order valence-electron chi connectivity index (χ1n) is 4.45. The Bertz CT molecular complexity index is 315. The highest BCUT2D eigenvalue weighted by Gasteiger charge is 1.99. The van der Waals surface area contributed by atoms with Crippen molar-refractivity contribution in [1.82, 2.24) is 5.32 Å². The predicted octanol–water partition coefficient (Wildman–Crippen LogP) is 2.05. The van der Waals surface area contributed by atoms with E-state index in [4.69, 9.17) is 0 Å². The fourth-order valence-corrected chi connectivity index (χ4v) is 1.18. The molecule has 0 atom stereocenters. The van der Waals surface area contributed by atoms with E-state index in [2.05, 4.69) is 23.3 Å². The first-order valence-corrected chi connectivity index (χ1v) is 5.08. The maximum atomic E-state index is 11.2. The molecule has 14 heavy (non-hydrogen) atoms. The molecule has 0 spiro atoms. The SMILES string of the molecule is Cc1cccc(NC(=O)NCCS)c1. The first kappa shape index (κ1) is 10.9. The largest absolute Gasteiger partial charge is 0.337 e. The molecule has 0 saturated heterocycles. The van der Waals surface area contributed by atoms with E-state index in [1.165, 1.54) is 0 Å². The molecule has 0 unspecified atom stereocenters. The van der Waals surface area contributed by atoms with Crippen LogP contribution in [-0.4, -0.2) is 18.3 Å². The third kappa shape index (κ3) is 3.70. The second-order valence-electron chi connectivity index (χ2n) is 2.97. The van der Waals surface area contributed by atoms with Gasteiger partial charge in [0, 0.05) is 18.0 Å². The van der Waals surface area contributed by atoms with Crippen LogP contribution in [0.3, 0.4) is 0 Å². The molecular formula is C10H14N2OS. The molecule has 0 aromatic heterocycles. The van der Waals surface area contributed by atoms with Crippen molar-refractivity contribution in [3.63, 3.8) is 0 Å². The minimum atomic E-state index is -0.190. The molecule has 1 aromatic rings. The summed E-state index contributed by atoms with van der Waals surface area (Å²) in [6.07, 6.45) is 0. The zero-order valence-electron chi connectivity index (χ0n) is 8.08. The molecule has 1 aromatic carbocycles. The average Bonchev–Trinajstić information content (AvgIpc) is 2.15. The van der Waals surface area contributed by atoms with E-state index in [-0.39, 0.29) is 6.03 Å². The topological polar surface area (TPSA) is 41.1 Å². The number of carbonyl (C=O) groups excluding carboxylic acids is 1. The number of urea groups is 1. The third-order valence-electron chi connectivity index (χ3n) is 1.67. The van der Waals surface area contributed by atoms with Gasteiger partial charge in [0.25, 0.3) is 0 Å². The first-order chi connectivity index (χ1) is 6.72. The quantitative estimate of drug-likeness (QED) is 0.657. The van der Waals surface area contributed by atoms with Crippen molar-refractivity contribution in [3.05, 3.63) is 29.8 Å². The maximum absolute atomic E-state index is 11.2. The Labute approximate surface area is 89.3 Å². The predicted molar refractivity (Wildman–Crippen MR) is 62.1 cm³/mol. The summed E-state index contributed by atoms with van der Waals surface area (Å²) >= 11 is 4.00. The van der Waals surface area contributed by atoms with Crippen molar-refractivity contribution in [2.75, 3.05) is 17.6 Å². The molecule has 0 aliphatic rings. The van der Waals surface area contributed by atoms with Gasteiger partial charge in [0.2, 0.25) is 0 Å². The summed E-state index contributed by atoms with van der Waals surface area (Å²) in [5.74, 6) is 0.640. The molecular weight excluding hydrogens is 196 g/mol. The molecule has 0 fully saturated rings. The molecule has 0 radical (unpaired) electrons. The number of hydrogen-bond donors (Lipinski definition) is 3. The maximum Gasteiger partial charge on any atom is 0.319 e. The highest BCUT2D eigenvalue weighted by atomic mass is 32.1. The molecule has 4 heteroatoms. The van der Waals surface area contributed by atoms with Gasteiger partial charge in [-0.2, -0.15) is 12.6 Å². The van der Waals surface area contributed by atoms with Crippen LogP contribution >= 0.6 is 12.6 Å². The Morgan fingerprint density at radius 1 is 1.50 bits per heavy atom. The van der Waals surface area contributed by atoms with Gasteiger partial charge >= 0.3 is 6.03 Å². The third-order valence-corrected chi connectivity index (χ3v) is 1.90. The Balaban J connectivity index is 2.47. The number of thiol groups is 1. The Hall–Kier alpha value is -1.16. The summed E-state index contributed by atoms with van der Waals surface area (Å²) < 4.78 is 0. The van der Waals surface area contributed by atoms with Crippen molar-refractivity contribution >= 4 is 24.3 Å². The van der Waals surface area contributed by atoms with E-state index >= 15 is 0 Å². The van der Waals surface area contributed by atoms with Crippen LogP contribution in [0.25, 0.3) is 0 Å². The summed E-state index contributed by atoms with van der Waals surface area (Å²) in [5.41, 5.74) is 1.93. The van der Waals surface area contributed by atoms with E-state index in [9.17, 15) is 4.79 Å². The van der Waals surface area contributed by atoms with Gasteiger partial charge in [0.05, 0.1) is 0 Å². The number of rotatable bonds is 3. The molecule has 0 aliphatic heterocycles. The van der Waals surface area contributed by atoms with Crippen LogP contribution < -0.4 is 10.6 Å². The van der Waals surface area contributed by atoms with E-state index < -0.39 is 0 Å². The number of amides is 2. The van der Waals surface area contributed by atoms with E-state index in [1.807, 2.05) is 31.2 Å². The molecule has 76 valence electrons. The normalized spacial score (nSPS) is 9.57. The van der Waals surface area contributed by atoms with Crippen molar-refractivity contribution in [2.45, 2.75) is 6.92 Å². The van der Waals surface area contributed by atoms with Gasteiger partial charge in [-0.1, -0.05) is 12.1 Å². The lowest BCUT2D eigenvalue weighted by Gasteiger charge is -2.06. The molecule has 0 saturated carbocycles. The van der Waals surface area contributed by atoms with Crippen molar-refractivity contribution in [1.29, 1.82) is 0 Å². The summed E-state index contributed by atoms with van der Waals surface area (Å²) in [6, 6.07) is 7.47. The number of benzene rings is 1. The second-order valence-corrected chi connectivity index (χ2v) is 3.42. The molecule has 2 amide bonds. The number of aryl methyl sites for hydroxylation is 1. The number of nitrogens with one attached hydrogen (secondary N) is 2. The molecule has 2 N–H and O–H groups in total. The van der Waals surface area contributed by atoms with Crippen molar-refractivity contribution in [3.8, 4) is 0 Å². The van der Waals surface area contributed by atoms with Crippen LogP contribution in [0.2, 0.25) is 0 Å². The van der Waals surface area contributed by atoms with Crippen LogP contribution in [0.15, 0.2) is 24.3 Å². The average molecular weight is 210 g/mol. The fraction of sp³-hybridized carbons (Fsp3) is 0.300. The van der Waals surface area contributed by atoms with Crippen LogP contribution in [0.1, 0.15) is 5.56 Å². The lowest BCUT2D eigenvalue weighted by Crippen LogP contribution is -2.30. The Morgan fingerprint density at radius 3 is 2.93 bits per heavy atom. The van der Waals surface area contributed by atoms with Gasteiger partial charge < -0.3 is 10.6 Å². The number of anilines is 1. The lowest BCUT2D eigenvalue weighted by atomic mass is 10.2. The minimum absolute atomic E-state index is 0.190. The van der Waals surface area contributed by atoms with Crippen LogP contribution in [-0.2, 0) is 0 Å². The van der Waals surface area contributed by atoms with Gasteiger partial charge in [-0.3, -0.25) is 0 Å². The van der Waals surface area contributed by atoms with Gasteiger partial charge in [0.1, 0.15) is 0 Å². The summed E-state index contributed by atoms with van der Waals surface area (Å²) in [6.45, 7) is 2.55. The highest BCUT2D eigenvalue weighted by Crippen LogP contribution is 2.08. The van der Waals surface area contributed by atoms with Crippen LogP contribution in [0.4, 0.5) is 10.5 Å². The second kappa shape index (κ2) is 5.54. The van der Waals surface area contributed by atoms with Crippen LogP contribution in [0.5, 0.6) is 0 Å². The van der Waals surface area contributed by atoms with E-state index in [0.29, 0.717) is 12.3 Å². The smallest absolute Gasteiger partial charge is 0.319 e. The van der Waals surface area contributed by atoms with Crippen LogP contribution in [0, 0.1) is 6.92 Å². The van der Waals surface area contributed by atoms with Crippen molar-refractivity contribution in [2.24, 2.45) is 0 Å². The number of carbonyl (C=O) groups is 1. The molecule has 3 nitrogen and oxygen atoms in total. The highest BCUT2D eigenvalue weighted by molar-refractivity contribution is 7.80. The monoisotopic (exact) mass is 210 g/mol. The van der Waals surface area contributed by atoms with Crippen molar-refractivity contribution < 1.29 is 4.79 Å². The standard InChI is InChI=1S/C10H14N2OS/c1-8-3-2-4-9(7-8)12-10(13)11-5-6-14/h2-4,7,14H,5-6H2,1H3,(H2,11,12,13). The minimum Gasteiger partial charge on any atom is -0.337 e. The van der Waals surface area contributed by atoms with E-state index in [0.717, 1.165) is 11.3 Å². The van der Waals surface area contributed by atoms with Gasteiger partial charge in [-0.25, -0.2) is 4.79 Å². The molecule has 1 rings (SSSR count). The van der Waals surface area contributed by atoms with Gasteiger partial charge in [0.15, 0.2) is 0 Å². The summed E-state index contributed by atoms with van der Waals surface area (Å²) in [4.78, 5) is 11.2. The zero-order valence-corrected chi connectivity index (χ0v) is 8.97. The molecule has 0 heterocycles. The zero-order chi connectivity index (χ0) is 10.4. The summed E-state index contributed by atoms with van der Waals surface area (Å²) in [5, 5.41) is 5.41. The Kier molecular flexibility index (Phi) is 4.32. The fourth-order valence-electron chi connectivity index (χ4n) is 1.07. The Morgan fingerprint density at radius 2 is 2.29 bits per heavy atom. The molecule has 0 aliphatic carbocycles. The summed E-state index contributed by atoms with van der Waals surface area (Å²) in [7, 11) is 0. The molecule has 0 bridgehead atoms. The van der Waals surface area contributed by atoms with Gasteiger partial charge in [-0.05, 0) is 24.6 Å². The van der Waals surface area contributed by atoms with E-state index in [1.54, 1.807) is 0 Å². The number of hydrogen-bond acceptors (Lipinski definition) is 2. The lowest BCUT2D eigenvalue weighted by molar-refractivity contribution is 0.252. The van der Waals surface area contributed by atoms with Gasteiger partial charge in [-0.15, -0.1) is 0 Å².